The maximum Gasteiger partial charge on any atom is 0.243 e. The van der Waals surface area contributed by atoms with Crippen LogP contribution in [-0.2, 0) is 28.3 Å². The lowest BCUT2D eigenvalue weighted by Crippen LogP contribution is -2.51. The van der Waals surface area contributed by atoms with Crippen molar-refractivity contribution in [2.45, 2.75) is 38.1 Å². The van der Waals surface area contributed by atoms with Crippen molar-refractivity contribution < 1.29 is 14.0 Å². The Bertz CT molecular complexity index is 1110. The van der Waals surface area contributed by atoms with Gasteiger partial charge < -0.3 is 10.2 Å². The number of carbonyl (C=O) groups excluding carboxylic acids is 2. The first-order valence-electron chi connectivity index (χ1n) is 11.6. The van der Waals surface area contributed by atoms with Gasteiger partial charge in [0.25, 0.3) is 0 Å². The molecule has 0 saturated carbocycles. The first-order valence-corrected chi connectivity index (χ1v) is 13.6. The average molecular weight is 558 g/mol. The van der Waals surface area contributed by atoms with Crippen LogP contribution in [0.4, 0.5) is 4.39 Å². The third-order valence-electron chi connectivity index (χ3n) is 5.50. The van der Waals surface area contributed by atoms with Gasteiger partial charge >= 0.3 is 0 Å². The standard InChI is InChI=1S/C28H30BrFN2O2S/c1-2-15-31-28(34)26(17-21-9-4-3-5-10-21)32(18-22-11-8-13-24(29)16-22)27(33)20-35-19-23-12-6-7-14-25(23)30/h3-14,16,26H,2,15,17-20H2,1H3,(H,31,34)/t26-/m1/s1. The topological polar surface area (TPSA) is 49.4 Å². The summed E-state index contributed by atoms with van der Waals surface area (Å²) in [7, 11) is 0. The second-order valence-corrected chi connectivity index (χ2v) is 10.1. The van der Waals surface area contributed by atoms with Gasteiger partial charge in [-0.3, -0.25) is 9.59 Å². The largest absolute Gasteiger partial charge is 0.354 e. The van der Waals surface area contributed by atoms with E-state index in [2.05, 4.69) is 21.2 Å². The van der Waals surface area contributed by atoms with Crippen LogP contribution in [0.25, 0.3) is 0 Å². The van der Waals surface area contributed by atoms with Crippen LogP contribution in [0.5, 0.6) is 0 Å². The fourth-order valence-electron chi connectivity index (χ4n) is 3.70. The lowest BCUT2D eigenvalue weighted by molar-refractivity contribution is -0.139. The van der Waals surface area contributed by atoms with Gasteiger partial charge in [-0.25, -0.2) is 4.39 Å². The molecule has 0 saturated heterocycles. The van der Waals surface area contributed by atoms with Crippen LogP contribution in [-0.4, -0.2) is 35.1 Å². The minimum Gasteiger partial charge on any atom is -0.354 e. The van der Waals surface area contributed by atoms with Crippen LogP contribution < -0.4 is 5.32 Å². The summed E-state index contributed by atoms with van der Waals surface area (Å²) in [6, 6.07) is 23.4. The molecule has 0 spiro atoms. The van der Waals surface area contributed by atoms with Crippen molar-refractivity contribution in [3.63, 3.8) is 0 Å². The van der Waals surface area contributed by atoms with Crippen LogP contribution in [0.3, 0.4) is 0 Å². The molecular weight excluding hydrogens is 527 g/mol. The highest BCUT2D eigenvalue weighted by atomic mass is 79.9. The smallest absolute Gasteiger partial charge is 0.243 e. The van der Waals surface area contributed by atoms with Gasteiger partial charge in [-0.05, 0) is 41.3 Å². The van der Waals surface area contributed by atoms with Gasteiger partial charge in [-0.1, -0.05) is 83.5 Å². The number of amides is 2. The van der Waals surface area contributed by atoms with Crippen molar-refractivity contribution in [2.75, 3.05) is 12.3 Å². The Morgan fingerprint density at radius 1 is 1.00 bits per heavy atom. The van der Waals surface area contributed by atoms with Crippen molar-refractivity contribution in [1.29, 1.82) is 0 Å². The molecule has 0 aromatic heterocycles. The van der Waals surface area contributed by atoms with Gasteiger partial charge in [0.15, 0.2) is 0 Å². The Morgan fingerprint density at radius 2 is 1.71 bits per heavy atom. The number of halogens is 2. The fourth-order valence-corrected chi connectivity index (χ4v) is 5.04. The van der Waals surface area contributed by atoms with E-state index in [9.17, 15) is 14.0 Å². The quantitative estimate of drug-likeness (QED) is 0.298. The molecule has 0 aliphatic heterocycles. The molecule has 35 heavy (non-hydrogen) atoms. The maximum atomic E-state index is 14.0. The van der Waals surface area contributed by atoms with Crippen molar-refractivity contribution in [3.8, 4) is 0 Å². The highest BCUT2D eigenvalue weighted by molar-refractivity contribution is 9.10. The molecule has 0 aliphatic carbocycles. The number of thioether (sulfide) groups is 1. The Balaban J connectivity index is 1.84. The van der Waals surface area contributed by atoms with Gasteiger partial charge in [-0.2, -0.15) is 0 Å². The van der Waals surface area contributed by atoms with Crippen molar-refractivity contribution in [3.05, 3.63) is 106 Å². The zero-order valence-corrected chi connectivity index (χ0v) is 22.2. The van der Waals surface area contributed by atoms with Crippen LogP contribution in [0.2, 0.25) is 0 Å². The Labute approximate surface area is 219 Å². The number of hydrogen-bond donors (Lipinski definition) is 1. The predicted molar refractivity (Wildman–Crippen MR) is 144 cm³/mol. The highest BCUT2D eigenvalue weighted by Gasteiger charge is 2.30. The second kappa shape index (κ2) is 14.0. The van der Waals surface area contributed by atoms with E-state index in [0.29, 0.717) is 30.8 Å². The molecule has 1 atom stereocenters. The molecule has 4 nitrogen and oxygen atoms in total. The average Bonchev–Trinajstić information content (AvgIpc) is 2.86. The van der Waals surface area contributed by atoms with E-state index in [1.54, 1.807) is 23.1 Å². The summed E-state index contributed by atoms with van der Waals surface area (Å²) in [6.45, 7) is 2.84. The molecule has 0 fully saturated rings. The predicted octanol–water partition coefficient (Wildman–Crippen LogP) is 5.99. The zero-order chi connectivity index (χ0) is 25.0. The summed E-state index contributed by atoms with van der Waals surface area (Å²) in [6.07, 6.45) is 1.22. The van der Waals surface area contributed by atoms with Crippen molar-refractivity contribution in [2.24, 2.45) is 0 Å². The van der Waals surface area contributed by atoms with Crippen LogP contribution in [0.1, 0.15) is 30.0 Å². The van der Waals surface area contributed by atoms with Crippen LogP contribution in [0, 0.1) is 5.82 Å². The number of rotatable bonds is 12. The Kier molecular flexibility index (Phi) is 10.8. The first-order chi connectivity index (χ1) is 17.0. The van der Waals surface area contributed by atoms with Crippen LogP contribution >= 0.6 is 27.7 Å². The van der Waals surface area contributed by atoms with E-state index in [1.165, 1.54) is 17.8 Å². The number of benzene rings is 3. The number of nitrogens with one attached hydrogen (secondary N) is 1. The third-order valence-corrected chi connectivity index (χ3v) is 6.96. The summed E-state index contributed by atoms with van der Waals surface area (Å²) in [5.74, 6) is -0.0696. The minimum absolute atomic E-state index is 0.148. The number of hydrogen-bond acceptors (Lipinski definition) is 3. The molecule has 0 bridgehead atoms. The Morgan fingerprint density at radius 3 is 2.43 bits per heavy atom. The molecule has 0 radical (unpaired) electrons. The van der Waals surface area contributed by atoms with E-state index < -0.39 is 6.04 Å². The fraction of sp³-hybridized carbons (Fsp3) is 0.286. The van der Waals surface area contributed by atoms with Gasteiger partial charge in [-0.15, -0.1) is 11.8 Å². The van der Waals surface area contributed by atoms with E-state index >= 15 is 0 Å². The SMILES string of the molecule is CCCNC(=O)[C@@H](Cc1ccccc1)N(Cc1cccc(Br)c1)C(=O)CSCc1ccccc1F. The summed E-state index contributed by atoms with van der Waals surface area (Å²) < 4.78 is 14.9. The van der Waals surface area contributed by atoms with Crippen molar-refractivity contribution >= 4 is 39.5 Å². The molecule has 184 valence electrons. The molecule has 3 rings (SSSR count). The molecule has 0 aliphatic rings. The monoisotopic (exact) mass is 556 g/mol. The normalized spacial score (nSPS) is 11.6. The number of nitrogens with zero attached hydrogens (tertiary/aromatic N) is 1. The molecule has 2 amide bonds. The molecule has 0 heterocycles. The van der Waals surface area contributed by atoms with E-state index in [4.69, 9.17) is 0 Å². The summed E-state index contributed by atoms with van der Waals surface area (Å²) in [5, 5.41) is 2.98. The van der Waals surface area contributed by atoms with E-state index in [-0.39, 0.29) is 23.4 Å². The summed E-state index contributed by atoms with van der Waals surface area (Å²) in [4.78, 5) is 28.5. The summed E-state index contributed by atoms with van der Waals surface area (Å²) >= 11 is 4.85. The van der Waals surface area contributed by atoms with E-state index in [1.807, 2.05) is 61.5 Å². The second-order valence-electron chi connectivity index (χ2n) is 8.23. The first kappa shape index (κ1) is 27.0. The van der Waals surface area contributed by atoms with Gasteiger partial charge in [0.1, 0.15) is 11.9 Å². The minimum atomic E-state index is -0.663. The molecule has 3 aromatic carbocycles. The van der Waals surface area contributed by atoms with E-state index in [0.717, 1.165) is 22.0 Å². The molecule has 0 unspecified atom stereocenters. The lowest BCUT2D eigenvalue weighted by Gasteiger charge is -2.31. The number of carbonyl (C=O) groups is 2. The molecular formula is C28H30BrFN2O2S. The maximum absolute atomic E-state index is 14.0. The summed E-state index contributed by atoms with van der Waals surface area (Å²) in [5.41, 5.74) is 2.47. The van der Waals surface area contributed by atoms with Gasteiger partial charge in [0.05, 0.1) is 5.75 Å². The molecule has 3 aromatic rings. The molecule has 1 N–H and O–H groups in total. The van der Waals surface area contributed by atoms with Gasteiger partial charge in [0, 0.05) is 29.7 Å². The van der Waals surface area contributed by atoms with Gasteiger partial charge in [0.2, 0.25) is 11.8 Å². The lowest BCUT2D eigenvalue weighted by atomic mass is 10.0. The molecule has 7 heteroatoms. The highest BCUT2D eigenvalue weighted by Crippen LogP contribution is 2.21. The zero-order valence-electron chi connectivity index (χ0n) is 19.8. The van der Waals surface area contributed by atoms with Crippen molar-refractivity contribution in [1.82, 2.24) is 10.2 Å². The third kappa shape index (κ3) is 8.51. The Hall–Kier alpha value is -2.64. The van der Waals surface area contributed by atoms with Crippen LogP contribution in [0.15, 0.2) is 83.3 Å².